The molecular weight excluding hydrogens is 356 g/mol. The van der Waals surface area contributed by atoms with Crippen LogP contribution in [-0.4, -0.2) is 23.2 Å². The third-order valence-corrected chi connectivity index (χ3v) is 5.88. The van der Waals surface area contributed by atoms with Crippen molar-refractivity contribution in [2.45, 2.75) is 5.37 Å². The van der Waals surface area contributed by atoms with Crippen LogP contribution in [0.3, 0.4) is 0 Å². The summed E-state index contributed by atoms with van der Waals surface area (Å²) in [6.45, 7) is 0.787. The van der Waals surface area contributed by atoms with Gasteiger partial charge in [0.25, 0.3) is 0 Å². The van der Waals surface area contributed by atoms with Crippen LogP contribution in [0.5, 0.6) is 0 Å². The number of urea groups is 1. The molecule has 1 atom stereocenters. The number of halogens is 1. The van der Waals surface area contributed by atoms with Gasteiger partial charge >= 0.3 is 6.03 Å². The van der Waals surface area contributed by atoms with E-state index in [0.29, 0.717) is 0 Å². The number of carbonyl (C=O) groups excluding carboxylic acids is 1. The fourth-order valence-corrected chi connectivity index (χ4v) is 4.57. The minimum atomic E-state index is -0.0317. The van der Waals surface area contributed by atoms with E-state index in [2.05, 4.69) is 32.7 Å². The molecule has 104 valence electrons. The third kappa shape index (κ3) is 3.02. The highest BCUT2D eigenvalue weighted by Crippen LogP contribution is 2.40. The minimum absolute atomic E-state index is 0.0317. The van der Waals surface area contributed by atoms with Crippen molar-refractivity contribution in [3.63, 3.8) is 0 Å². The van der Waals surface area contributed by atoms with Gasteiger partial charge in [-0.3, -0.25) is 0 Å². The monoisotopic (exact) mass is 368 g/mol. The van der Waals surface area contributed by atoms with Gasteiger partial charge in [-0.1, -0.05) is 22.0 Å². The predicted molar refractivity (Wildman–Crippen MR) is 89.4 cm³/mol. The Bertz CT molecular complexity index is 586. The number of thioether (sulfide) groups is 1. The first-order valence-electron chi connectivity index (χ1n) is 6.22. The molecule has 1 aromatic heterocycles. The molecule has 3 nitrogen and oxygen atoms in total. The van der Waals surface area contributed by atoms with Gasteiger partial charge in [-0.25, -0.2) is 4.79 Å². The van der Waals surface area contributed by atoms with Gasteiger partial charge in [-0.2, -0.15) is 0 Å². The van der Waals surface area contributed by atoms with E-state index in [1.54, 1.807) is 11.3 Å². The highest BCUT2D eigenvalue weighted by atomic mass is 79.9. The number of thiophene rings is 1. The van der Waals surface area contributed by atoms with Crippen molar-refractivity contribution < 1.29 is 4.79 Å². The van der Waals surface area contributed by atoms with Crippen LogP contribution in [0.1, 0.15) is 10.3 Å². The zero-order valence-electron chi connectivity index (χ0n) is 10.6. The Morgan fingerprint density at radius 2 is 2.10 bits per heavy atom. The first kappa shape index (κ1) is 14.0. The maximum absolute atomic E-state index is 12.4. The molecule has 1 aliphatic heterocycles. The summed E-state index contributed by atoms with van der Waals surface area (Å²) in [5, 5.41) is 5.16. The Morgan fingerprint density at radius 3 is 2.80 bits per heavy atom. The van der Waals surface area contributed by atoms with E-state index in [4.69, 9.17) is 0 Å². The number of hydrogen-bond acceptors (Lipinski definition) is 3. The first-order chi connectivity index (χ1) is 9.74. The lowest BCUT2D eigenvalue weighted by Crippen LogP contribution is -2.34. The molecule has 1 aliphatic rings. The molecule has 0 bridgehead atoms. The van der Waals surface area contributed by atoms with Crippen molar-refractivity contribution in [3.05, 3.63) is 51.1 Å². The van der Waals surface area contributed by atoms with E-state index in [1.807, 2.05) is 47.0 Å². The molecule has 3 rings (SSSR count). The quantitative estimate of drug-likeness (QED) is 0.826. The smallest absolute Gasteiger partial charge is 0.308 e. The summed E-state index contributed by atoms with van der Waals surface area (Å²) in [4.78, 5) is 15.5. The average Bonchev–Trinajstić information content (AvgIpc) is 3.11. The number of hydrogen-bond donors (Lipinski definition) is 1. The van der Waals surface area contributed by atoms with Crippen LogP contribution in [0, 0.1) is 0 Å². The van der Waals surface area contributed by atoms with E-state index in [1.165, 1.54) is 4.88 Å². The molecule has 0 saturated carbocycles. The Hall–Kier alpha value is -0.980. The number of anilines is 1. The van der Waals surface area contributed by atoms with E-state index < -0.39 is 0 Å². The Morgan fingerprint density at radius 1 is 1.30 bits per heavy atom. The molecule has 1 saturated heterocycles. The van der Waals surface area contributed by atoms with Crippen molar-refractivity contribution in [1.82, 2.24) is 4.90 Å². The minimum Gasteiger partial charge on any atom is -0.308 e. The van der Waals surface area contributed by atoms with Gasteiger partial charge in [0.05, 0.1) is 0 Å². The zero-order chi connectivity index (χ0) is 13.9. The van der Waals surface area contributed by atoms with Gasteiger partial charge in [0.1, 0.15) is 5.37 Å². The second-order valence-corrected chi connectivity index (χ2v) is 7.45. The molecule has 1 aromatic carbocycles. The number of rotatable bonds is 2. The van der Waals surface area contributed by atoms with E-state index in [9.17, 15) is 4.79 Å². The summed E-state index contributed by atoms with van der Waals surface area (Å²) in [7, 11) is 0. The molecular formula is C14H13BrN2OS2. The number of amides is 2. The normalized spacial score (nSPS) is 18.2. The predicted octanol–water partition coefficient (Wildman–Crippen LogP) is 4.79. The maximum Gasteiger partial charge on any atom is 0.323 e. The van der Waals surface area contributed by atoms with Gasteiger partial charge < -0.3 is 10.2 Å². The number of nitrogens with one attached hydrogen (secondary N) is 1. The molecule has 20 heavy (non-hydrogen) atoms. The summed E-state index contributed by atoms with van der Waals surface area (Å²) < 4.78 is 1.00. The number of carbonyl (C=O) groups is 1. The maximum atomic E-state index is 12.4. The summed E-state index contributed by atoms with van der Waals surface area (Å²) in [6.07, 6.45) is 0. The van der Waals surface area contributed by atoms with Crippen LogP contribution >= 0.6 is 39.0 Å². The second kappa shape index (κ2) is 6.20. The fourth-order valence-electron chi connectivity index (χ4n) is 2.07. The van der Waals surface area contributed by atoms with Crippen LogP contribution in [-0.2, 0) is 0 Å². The van der Waals surface area contributed by atoms with Crippen molar-refractivity contribution >= 4 is 50.7 Å². The molecule has 1 fully saturated rings. The van der Waals surface area contributed by atoms with Gasteiger partial charge in [0.2, 0.25) is 0 Å². The average molecular weight is 369 g/mol. The van der Waals surface area contributed by atoms with Crippen molar-refractivity contribution in [2.75, 3.05) is 17.6 Å². The van der Waals surface area contributed by atoms with E-state index in [-0.39, 0.29) is 11.4 Å². The highest BCUT2D eigenvalue weighted by Gasteiger charge is 2.31. The fraction of sp³-hybridized carbons (Fsp3) is 0.214. The SMILES string of the molecule is O=C(Nc1ccc(Br)cc1)N1CCSC1c1cccs1. The van der Waals surface area contributed by atoms with Crippen LogP contribution in [0.15, 0.2) is 46.3 Å². The third-order valence-electron chi connectivity index (χ3n) is 3.03. The molecule has 0 radical (unpaired) electrons. The molecule has 2 aromatic rings. The number of nitrogens with zero attached hydrogens (tertiary/aromatic N) is 1. The van der Waals surface area contributed by atoms with Crippen LogP contribution < -0.4 is 5.32 Å². The first-order valence-corrected chi connectivity index (χ1v) is 8.94. The lowest BCUT2D eigenvalue weighted by atomic mass is 10.3. The molecule has 2 heterocycles. The van der Waals surface area contributed by atoms with Crippen molar-refractivity contribution in [2.24, 2.45) is 0 Å². The highest BCUT2D eigenvalue weighted by molar-refractivity contribution is 9.10. The van der Waals surface area contributed by atoms with Crippen LogP contribution in [0.25, 0.3) is 0 Å². The molecule has 1 N–H and O–H groups in total. The largest absolute Gasteiger partial charge is 0.323 e. The lowest BCUT2D eigenvalue weighted by molar-refractivity contribution is 0.215. The van der Waals surface area contributed by atoms with Crippen LogP contribution in [0.4, 0.5) is 10.5 Å². The molecule has 0 spiro atoms. The van der Waals surface area contributed by atoms with Gasteiger partial charge in [0.15, 0.2) is 0 Å². The molecule has 6 heteroatoms. The summed E-state index contributed by atoms with van der Waals surface area (Å²) >= 11 is 6.91. The van der Waals surface area contributed by atoms with Crippen molar-refractivity contribution in [1.29, 1.82) is 0 Å². The summed E-state index contributed by atoms with van der Waals surface area (Å²) in [5.41, 5.74) is 0.819. The molecule has 0 aliphatic carbocycles. The Balaban J connectivity index is 1.71. The standard InChI is InChI=1S/C14H13BrN2OS2/c15-10-3-5-11(6-4-10)16-14(18)17-7-9-20-13(17)12-2-1-8-19-12/h1-6,8,13H,7,9H2,(H,16,18). The lowest BCUT2D eigenvalue weighted by Gasteiger charge is -2.23. The van der Waals surface area contributed by atoms with Gasteiger partial charge in [-0.15, -0.1) is 23.1 Å². The van der Waals surface area contributed by atoms with Crippen molar-refractivity contribution in [3.8, 4) is 0 Å². The van der Waals surface area contributed by atoms with E-state index >= 15 is 0 Å². The number of benzene rings is 1. The molecule has 1 unspecified atom stereocenters. The zero-order valence-corrected chi connectivity index (χ0v) is 13.8. The topological polar surface area (TPSA) is 32.3 Å². The van der Waals surface area contributed by atoms with Crippen LogP contribution in [0.2, 0.25) is 0 Å². The Kier molecular flexibility index (Phi) is 4.33. The Labute approximate surface area is 134 Å². The summed E-state index contributed by atoms with van der Waals surface area (Å²) in [5.74, 6) is 0.982. The summed E-state index contributed by atoms with van der Waals surface area (Å²) in [6, 6.07) is 11.7. The second-order valence-electron chi connectivity index (χ2n) is 4.37. The van der Waals surface area contributed by atoms with Gasteiger partial charge in [0, 0.05) is 27.3 Å². The molecule has 2 amide bonds. The van der Waals surface area contributed by atoms with E-state index in [0.717, 1.165) is 22.5 Å². The van der Waals surface area contributed by atoms with Gasteiger partial charge in [-0.05, 0) is 35.7 Å².